The molecule has 118 valence electrons. The van der Waals surface area contributed by atoms with E-state index in [9.17, 15) is 0 Å². The first kappa shape index (κ1) is 15.9. The molecule has 5 heteroatoms. The van der Waals surface area contributed by atoms with Crippen molar-refractivity contribution in [2.45, 2.75) is 52.4 Å². The zero-order valence-electron chi connectivity index (χ0n) is 13.4. The second kappa shape index (κ2) is 8.05. The molecule has 0 aromatic carbocycles. The van der Waals surface area contributed by atoms with Crippen LogP contribution in [0.5, 0.6) is 0 Å². The third-order valence-electron chi connectivity index (χ3n) is 4.29. The van der Waals surface area contributed by atoms with Crippen LogP contribution < -0.4 is 16.4 Å². The summed E-state index contributed by atoms with van der Waals surface area (Å²) in [7, 11) is 0. The topological polar surface area (TPSA) is 75.9 Å². The molecule has 1 aromatic rings. The van der Waals surface area contributed by atoms with E-state index in [2.05, 4.69) is 34.4 Å². The Morgan fingerprint density at radius 1 is 1.10 bits per heavy atom. The number of aromatic nitrogens is 2. The maximum atomic E-state index is 5.76. The number of hydrogen-bond donors (Lipinski definition) is 3. The van der Waals surface area contributed by atoms with Gasteiger partial charge in [-0.05, 0) is 24.7 Å². The van der Waals surface area contributed by atoms with Gasteiger partial charge in [-0.3, -0.25) is 0 Å². The van der Waals surface area contributed by atoms with Gasteiger partial charge in [-0.1, -0.05) is 39.5 Å². The van der Waals surface area contributed by atoms with Gasteiger partial charge in [0.2, 0.25) is 5.95 Å². The minimum atomic E-state index is 0.324. The van der Waals surface area contributed by atoms with Gasteiger partial charge >= 0.3 is 0 Å². The standard InChI is InChI=1S/C16H29N5/c1-3-9-18-14-11-15(21-16(17)20-14)19-10-8-13-6-4-12(2)5-7-13/h11-13H,3-10H2,1-2H3,(H4,17,18,19,20,21). The summed E-state index contributed by atoms with van der Waals surface area (Å²) >= 11 is 0. The third kappa shape index (κ3) is 5.40. The molecule has 0 unspecified atom stereocenters. The van der Waals surface area contributed by atoms with Crippen LogP contribution in [0.2, 0.25) is 0 Å². The zero-order chi connectivity index (χ0) is 15.1. The van der Waals surface area contributed by atoms with Crippen LogP contribution in [-0.2, 0) is 0 Å². The van der Waals surface area contributed by atoms with Crippen LogP contribution in [0.1, 0.15) is 52.4 Å². The summed E-state index contributed by atoms with van der Waals surface area (Å²) in [6.45, 7) is 6.35. The predicted octanol–water partition coefficient (Wildman–Crippen LogP) is 3.51. The van der Waals surface area contributed by atoms with Gasteiger partial charge in [0, 0.05) is 19.2 Å². The van der Waals surface area contributed by atoms with Gasteiger partial charge in [0.25, 0.3) is 0 Å². The molecule has 1 aromatic heterocycles. The predicted molar refractivity (Wildman–Crippen MR) is 89.5 cm³/mol. The molecule has 2 rings (SSSR count). The highest BCUT2D eigenvalue weighted by Crippen LogP contribution is 2.30. The first-order valence-electron chi connectivity index (χ1n) is 8.29. The van der Waals surface area contributed by atoms with E-state index in [4.69, 9.17) is 5.73 Å². The van der Waals surface area contributed by atoms with Crippen LogP contribution in [-0.4, -0.2) is 23.1 Å². The minimum absolute atomic E-state index is 0.324. The van der Waals surface area contributed by atoms with Crippen molar-refractivity contribution in [2.75, 3.05) is 29.5 Å². The molecular weight excluding hydrogens is 262 g/mol. The van der Waals surface area contributed by atoms with E-state index in [0.717, 1.165) is 43.0 Å². The van der Waals surface area contributed by atoms with Gasteiger partial charge in [0.15, 0.2) is 0 Å². The van der Waals surface area contributed by atoms with Gasteiger partial charge in [0.05, 0.1) is 0 Å². The maximum Gasteiger partial charge on any atom is 0.223 e. The van der Waals surface area contributed by atoms with Gasteiger partial charge in [-0.15, -0.1) is 0 Å². The molecule has 4 N–H and O–H groups in total. The van der Waals surface area contributed by atoms with Crippen LogP contribution in [0, 0.1) is 11.8 Å². The Labute approximate surface area is 128 Å². The summed E-state index contributed by atoms with van der Waals surface area (Å²) in [6.07, 6.45) is 7.80. The summed E-state index contributed by atoms with van der Waals surface area (Å²) in [4.78, 5) is 8.45. The van der Waals surface area contributed by atoms with Crippen molar-refractivity contribution in [3.05, 3.63) is 6.07 Å². The molecule has 0 bridgehead atoms. The van der Waals surface area contributed by atoms with Crippen LogP contribution >= 0.6 is 0 Å². The van der Waals surface area contributed by atoms with Crippen LogP contribution in [0.3, 0.4) is 0 Å². The van der Waals surface area contributed by atoms with Crippen molar-refractivity contribution in [3.63, 3.8) is 0 Å². The smallest absolute Gasteiger partial charge is 0.223 e. The molecular formula is C16H29N5. The van der Waals surface area contributed by atoms with E-state index >= 15 is 0 Å². The van der Waals surface area contributed by atoms with E-state index in [-0.39, 0.29) is 0 Å². The lowest BCUT2D eigenvalue weighted by Gasteiger charge is -2.26. The Kier molecular flexibility index (Phi) is 6.08. The molecule has 1 heterocycles. The van der Waals surface area contributed by atoms with Gasteiger partial charge in [-0.25, -0.2) is 0 Å². The fourth-order valence-electron chi connectivity index (χ4n) is 2.92. The number of nitrogens with one attached hydrogen (secondary N) is 2. The first-order valence-corrected chi connectivity index (χ1v) is 8.29. The molecule has 21 heavy (non-hydrogen) atoms. The number of rotatable bonds is 7. The highest BCUT2D eigenvalue weighted by Gasteiger charge is 2.17. The molecule has 1 aliphatic rings. The Hall–Kier alpha value is -1.52. The third-order valence-corrected chi connectivity index (χ3v) is 4.29. The molecule has 0 spiro atoms. The molecule has 1 aliphatic carbocycles. The lowest BCUT2D eigenvalue weighted by molar-refractivity contribution is 0.282. The van der Waals surface area contributed by atoms with Crippen molar-refractivity contribution in [1.82, 2.24) is 9.97 Å². The molecule has 1 saturated carbocycles. The van der Waals surface area contributed by atoms with Crippen molar-refractivity contribution in [3.8, 4) is 0 Å². The van der Waals surface area contributed by atoms with E-state index < -0.39 is 0 Å². The molecule has 5 nitrogen and oxygen atoms in total. The maximum absolute atomic E-state index is 5.76. The molecule has 0 atom stereocenters. The Balaban J connectivity index is 1.78. The minimum Gasteiger partial charge on any atom is -0.370 e. The molecule has 0 saturated heterocycles. The van der Waals surface area contributed by atoms with E-state index in [1.807, 2.05) is 6.07 Å². The summed E-state index contributed by atoms with van der Waals surface area (Å²) < 4.78 is 0. The molecule has 0 amide bonds. The number of nitrogens with two attached hydrogens (primary N) is 1. The molecule has 1 fully saturated rings. The monoisotopic (exact) mass is 291 g/mol. The normalized spacial score (nSPS) is 22.0. The van der Waals surface area contributed by atoms with Crippen LogP contribution in [0.25, 0.3) is 0 Å². The Morgan fingerprint density at radius 2 is 1.71 bits per heavy atom. The lowest BCUT2D eigenvalue weighted by atomic mass is 9.81. The molecule has 0 radical (unpaired) electrons. The summed E-state index contributed by atoms with van der Waals surface area (Å²) in [5, 5.41) is 6.64. The van der Waals surface area contributed by atoms with Gasteiger partial charge in [0.1, 0.15) is 11.6 Å². The van der Waals surface area contributed by atoms with Crippen molar-refractivity contribution >= 4 is 17.6 Å². The SMILES string of the molecule is CCCNc1cc(NCCC2CCC(C)CC2)nc(N)n1. The van der Waals surface area contributed by atoms with Crippen LogP contribution in [0.15, 0.2) is 6.07 Å². The summed E-state index contributed by atoms with van der Waals surface area (Å²) in [5.74, 6) is 3.74. The highest BCUT2D eigenvalue weighted by molar-refractivity contribution is 5.50. The fourth-order valence-corrected chi connectivity index (χ4v) is 2.92. The second-order valence-corrected chi connectivity index (χ2v) is 6.26. The van der Waals surface area contributed by atoms with E-state index in [0.29, 0.717) is 5.95 Å². The average Bonchev–Trinajstić information content (AvgIpc) is 2.47. The van der Waals surface area contributed by atoms with E-state index in [1.165, 1.54) is 32.1 Å². The van der Waals surface area contributed by atoms with E-state index in [1.54, 1.807) is 0 Å². The van der Waals surface area contributed by atoms with Crippen LogP contribution in [0.4, 0.5) is 17.6 Å². The summed E-state index contributed by atoms with van der Waals surface area (Å²) in [5.41, 5.74) is 5.76. The highest BCUT2D eigenvalue weighted by atomic mass is 15.1. The number of hydrogen-bond acceptors (Lipinski definition) is 5. The number of anilines is 3. The van der Waals surface area contributed by atoms with Crippen molar-refractivity contribution in [2.24, 2.45) is 11.8 Å². The second-order valence-electron chi connectivity index (χ2n) is 6.26. The Morgan fingerprint density at radius 3 is 2.33 bits per heavy atom. The fraction of sp³-hybridized carbons (Fsp3) is 0.750. The number of nitrogens with zero attached hydrogens (tertiary/aromatic N) is 2. The summed E-state index contributed by atoms with van der Waals surface area (Å²) in [6, 6.07) is 1.94. The first-order chi connectivity index (χ1) is 10.2. The molecule has 0 aliphatic heterocycles. The quantitative estimate of drug-likeness (QED) is 0.716. The van der Waals surface area contributed by atoms with Gasteiger partial charge in [-0.2, -0.15) is 9.97 Å². The van der Waals surface area contributed by atoms with Gasteiger partial charge < -0.3 is 16.4 Å². The van der Waals surface area contributed by atoms with Crippen molar-refractivity contribution in [1.29, 1.82) is 0 Å². The lowest BCUT2D eigenvalue weighted by Crippen LogP contribution is -2.16. The average molecular weight is 291 g/mol. The zero-order valence-corrected chi connectivity index (χ0v) is 13.4. The number of nitrogen functional groups attached to an aromatic ring is 1. The largest absolute Gasteiger partial charge is 0.370 e. The Bertz CT molecular complexity index is 427. The van der Waals surface area contributed by atoms with Crippen molar-refractivity contribution < 1.29 is 0 Å².